The van der Waals surface area contributed by atoms with Crippen LogP contribution in [-0.4, -0.2) is 36.4 Å². The molecule has 7 heteroatoms. The van der Waals surface area contributed by atoms with Gasteiger partial charge in [-0.2, -0.15) is 5.10 Å². The van der Waals surface area contributed by atoms with Gasteiger partial charge in [0, 0.05) is 6.42 Å². The van der Waals surface area contributed by atoms with Crippen LogP contribution in [0.3, 0.4) is 0 Å². The zero-order valence-corrected chi connectivity index (χ0v) is 12.7. The average Bonchev–Trinajstić information content (AvgIpc) is 2.77. The molecular weight excluding hydrogens is 290 g/mol. The molecule has 0 aliphatic carbocycles. The topological polar surface area (TPSA) is 86.3 Å². The number of benzene rings is 1. The summed E-state index contributed by atoms with van der Waals surface area (Å²) in [5.41, 5.74) is 2.40. The van der Waals surface area contributed by atoms with Crippen molar-refractivity contribution >= 4 is 15.7 Å². The summed E-state index contributed by atoms with van der Waals surface area (Å²) in [5.74, 6) is 0. The van der Waals surface area contributed by atoms with Gasteiger partial charge >= 0.3 is 0 Å². The number of nitrogens with one attached hydrogen (secondary N) is 1. The van der Waals surface area contributed by atoms with Gasteiger partial charge in [-0.15, -0.1) is 0 Å². The van der Waals surface area contributed by atoms with E-state index in [0.29, 0.717) is 23.5 Å². The van der Waals surface area contributed by atoms with Gasteiger partial charge in [0.1, 0.15) is 4.90 Å². The van der Waals surface area contributed by atoms with Crippen LogP contribution in [0, 0.1) is 13.8 Å². The normalized spacial score (nSPS) is 18.6. The lowest BCUT2D eigenvalue weighted by Crippen LogP contribution is -2.42. The third-order valence-electron chi connectivity index (χ3n) is 3.70. The Morgan fingerprint density at radius 2 is 2.05 bits per heavy atom. The number of nitrogens with zero attached hydrogens (tertiary/aromatic N) is 2. The molecule has 0 radical (unpaired) electrons. The number of rotatable bonds is 2. The van der Waals surface area contributed by atoms with Gasteiger partial charge < -0.3 is 5.11 Å². The first kappa shape index (κ1) is 14.1. The molecule has 0 amide bonds. The van der Waals surface area contributed by atoms with E-state index in [1.165, 1.54) is 4.31 Å². The maximum atomic E-state index is 13.0. The van der Waals surface area contributed by atoms with E-state index >= 15 is 0 Å². The summed E-state index contributed by atoms with van der Waals surface area (Å²) in [4.78, 5) is 0.186. The first-order valence-corrected chi connectivity index (χ1v) is 8.15. The third-order valence-corrected chi connectivity index (χ3v) is 5.74. The van der Waals surface area contributed by atoms with Gasteiger partial charge in [0.25, 0.3) is 10.0 Å². The number of fused-ring (bicyclic) bond motifs is 1. The molecule has 2 heterocycles. The van der Waals surface area contributed by atoms with Crippen LogP contribution in [0.2, 0.25) is 0 Å². The highest BCUT2D eigenvalue weighted by molar-refractivity contribution is 7.93. The second-order valence-electron chi connectivity index (χ2n) is 5.29. The van der Waals surface area contributed by atoms with E-state index in [2.05, 4.69) is 10.2 Å². The fourth-order valence-electron chi connectivity index (χ4n) is 2.79. The molecule has 0 spiro atoms. The highest BCUT2D eigenvalue weighted by Gasteiger charge is 2.35. The number of hydrogen-bond acceptors (Lipinski definition) is 4. The molecule has 1 atom stereocenters. The number of hydrogen-bond donors (Lipinski definition) is 2. The van der Waals surface area contributed by atoms with Crippen LogP contribution in [0.4, 0.5) is 5.69 Å². The molecule has 2 aromatic rings. The predicted molar refractivity (Wildman–Crippen MR) is 78.7 cm³/mol. The molecule has 1 aliphatic heterocycles. The van der Waals surface area contributed by atoms with Gasteiger partial charge in [0.15, 0.2) is 0 Å². The van der Waals surface area contributed by atoms with Crippen molar-refractivity contribution in [3.8, 4) is 0 Å². The van der Waals surface area contributed by atoms with Crippen molar-refractivity contribution in [3.05, 3.63) is 41.2 Å². The predicted octanol–water partition coefficient (Wildman–Crippen LogP) is 1.14. The van der Waals surface area contributed by atoms with E-state index in [-0.39, 0.29) is 11.4 Å². The van der Waals surface area contributed by atoms with Crippen LogP contribution < -0.4 is 4.31 Å². The van der Waals surface area contributed by atoms with E-state index in [9.17, 15) is 13.5 Å². The quantitative estimate of drug-likeness (QED) is 0.871. The monoisotopic (exact) mass is 307 g/mol. The standard InChI is InChI=1S/C14H17N3O3S/c1-9-14(10(2)16-15-9)21(19,20)17-8-12(18)7-11-5-3-4-6-13(11)17/h3-6,12,18H,7-8H2,1-2H3,(H,15,16). The highest BCUT2D eigenvalue weighted by Crippen LogP contribution is 2.33. The van der Waals surface area contributed by atoms with Crippen LogP contribution in [0.1, 0.15) is 17.0 Å². The fraction of sp³-hybridized carbons (Fsp3) is 0.357. The molecule has 0 bridgehead atoms. The van der Waals surface area contributed by atoms with Gasteiger partial charge in [-0.1, -0.05) is 18.2 Å². The van der Waals surface area contributed by atoms with Crippen LogP contribution >= 0.6 is 0 Å². The SMILES string of the molecule is Cc1n[nH]c(C)c1S(=O)(=O)N1CC(O)Cc2ccccc21. The Kier molecular flexibility index (Phi) is 3.26. The van der Waals surface area contributed by atoms with Gasteiger partial charge in [-0.05, 0) is 25.5 Å². The number of anilines is 1. The second-order valence-corrected chi connectivity index (χ2v) is 7.09. The molecule has 2 N–H and O–H groups in total. The summed E-state index contributed by atoms with van der Waals surface area (Å²) in [5, 5.41) is 16.7. The minimum atomic E-state index is -3.75. The molecular formula is C14H17N3O3S. The zero-order valence-electron chi connectivity index (χ0n) is 11.9. The maximum absolute atomic E-state index is 13.0. The van der Waals surface area contributed by atoms with Crippen molar-refractivity contribution in [2.24, 2.45) is 0 Å². The molecule has 3 rings (SSSR count). The van der Waals surface area contributed by atoms with Gasteiger partial charge in [-0.3, -0.25) is 9.40 Å². The van der Waals surface area contributed by atoms with Crippen LogP contribution in [0.15, 0.2) is 29.2 Å². The van der Waals surface area contributed by atoms with Crippen LogP contribution in [0.25, 0.3) is 0 Å². The number of aromatic nitrogens is 2. The lowest BCUT2D eigenvalue weighted by Gasteiger charge is -2.33. The highest BCUT2D eigenvalue weighted by atomic mass is 32.2. The number of sulfonamides is 1. The maximum Gasteiger partial charge on any atom is 0.268 e. The third kappa shape index (κ3) is 2.22. The Balaban J connectivity index is 2.16. The van der Waals surface area contributed by atoms with Crippen molar-refractivity contribution in [3.63, 3.8) is 0 Å². The molecule has 1 aromatic heterocycles. The minimum absolute atomic E-state index is 0.0589. The van der Waals surface area contributed by atoms with Gasteiger partial charge in [0.2, 0.25) is 0 Å². The summed E-state index contributed by atoms with van der Waals surface area (Å²) in [6.07, 6.45) is -0.242. The van der Waals surface area contributed by atoms with Crippen LogP contribution in [-0.2, 0) is 16.4 Å². The number of aliphatic hydroxyl groups is 1. The Morgan fingerprint density at radius 3 is 2.71 bits per heavy atom. The number of aryl methyl sites for hydroxylation is 2. The summed E-state index contributed by atoms with van der Waals surface area (Å²) >= 11 is 0. The van der Waals surface area contributed by atoms with Gasteiger partial charge in [0.05, 0.1) is 29.7 Å². The summed E-state index contributed by atoms with van der Waals surface area (Å²) in [7, 11) is -3.75. The van der Waals surface area contributed by atoms with Crippen molar-refractivity contribution in [2.75, 3.05) is 10.8 Å². The number of aliphatic hydroxyl groups excluding tert-OH is 1. The lowest BCUT2D eigenvalue weighted by molar-refractivity contribution is 0.180. The molecule has 1 aromatic carbocycles. The van der Waals surface area contributed by atoms with E-state index < -0.39 is 16.1 Å². The molecule has 21 heavy (non-hydrogen) atoms. The fourth-order valence-corrected chi connectivity index (χ4v) is 4.67. The molecule has 1 unspecified atom stereocenters. The van der Waals surface area contributed by atoms with Gasteiger partial charge in [-0.25, -0.2) is 8.42 Å². The molecule has 1 aliphatic rings. The molecule has 0 fully saturated rings. The Labute approximate surface area is 123 Å². The van der Waals surface area contributed by atoms with E-state index in [4.69, 9.17) is 0 Å². The molecule has 0 saturated carbocycles. The van der Waals surface area contributed by atoms with Crippen molar-refractivity contribution in [2.45, 2.75) is 31.3 Å². The zero-order chi connectivity index (χ0) is 15.2. The number of β-amino-alcohol motifs (C(OH)–C–C–N with tert-alkyl or cyclic N) is 1. The summed E-state index contributed by atoms with van der Waals surface area (Å²) in [6.45, 7) is 3.39. The first-order valence-electron chi connectivity index (χ1n) is 6.71. The summed E-state index contributed by atoms with van der Waals surface area (Å²) < 4.78 is 27.2. The lowest BCUT2D eigenvalue weighted by atomic mass is 10.0. The minimum Gasteiger partial charge on any atom is -0.391 e. The van der Waals surface area contributed by atoms with E-state index in [1.807, 2.05) is 12.1 Å². The Morgan fingerprint density at radius 1 is 1.33 bits per heavy atom. The largest absolute Gasteiger partial charge is 0.391 e. The Bertz CT molecular complexity index is 763. The van der Waals surface area contributed by atoms with Crippen LogP contribution in [0.5, 0.6) is 0 Å². The smallest absolute Gasteiger partial charge is 0.268 e. The van der Waals surface area contributed by atoms with Crippen molar-refractivity contribution in [1.82, 2.24) is 10.2 Å². The second kappa shape index (κ2) is 4.85. The molecule has 112 valence electrons. The summed E-state index contributed by atoms with van der Waals surface area (Å²) in [6, 6.07) is 7.25. The number of H-pyrrole nitrogens is 1. The Hall–Kier alpha value is -1.86. The average molecular weight is 307 g/mol. The van der Waals surface area contributed by atoms with Crippen molar-refractivity contribution < 1.29 is 13.5 Å². The number of para-hydroxylation sites is 1. The molecule has 6 nitrogen and oxygen atoms in total. The van der Waals surface area contributed by atoms with E-state index in [1.54, 1.807) is 26.0 Å². The van der Waals surface area contributed by atoms with E-state index in [0.717, 1.165) is 5.56 Å². The number of aromatic amines is 1. The molecule has 0 saturated heterocycles. The first-order chi connectivity index (χ1) is 9.91. The van der Waals surface area contributed by atoms with Crippen molar-refractivity contribution in [1.29, 1.82) is 0 Å².